The minimum Gasteiger partial charge on any atom is -0.491 e. The van der Waals surface area contributed by atoms with Gasteiger partial charge in [0, 0.05) is 38.2 Å². The van der Waals surface area contributed by atoms with E-state index in [4.69, 9.17) is 9.47 Å². The first-order valence-corrected chi connectivity index (χ1v) is 14.2. The maximum atomic E-state index is 13.0. The Labute approximate surface area is 198 Å². The molecule has 4 rings (SSSR count). The number of sulfone groups is 1. The van der Waals surface area contributed by atoms with Crippen molar-refractivity contribution < 1.29 is 22.7 Å². The van der Waals surface area contributed by atoms with Gasteiger partial charge >= 0.3 is 0 Å². The molecule has 2 atom stereocenters. The molecule has 2 aliphatic heterocycles. The van der Waals surface area contributed by atoms with Crippen LogP contribution < -0.4 is 4.74 Å². The van der Waals surface area contributed by atoms with E-state index < -0.39 is 9.84 Å². The van der Waals surface area contributed by atoms with Crippen LogP contribution in [0.4, 0.5) is 0 Å². The summed E-state index contributed by atoms with van der Waals surface area (Å²) in [5, 5.41) is 0. The number of hydrogen-bond acceptors (Lipinski definition) is 6. The number of fused-ring (bicyclic) bond motifs is 1. The standard InChI is InChI=1S/C25H38N2O5S/c1-26(22-11-15-33(29,30)18-22)12-10-24(28)27-13-14-32-23-9-8-20(16-21(23)17-27)25(31-2)19-6-4-3-5-7-19/h8-9,16,19,22,25H,3-7,10-15,17-18H2,1-2H3/t22-,25-/m1/s1. The van der Waals surface area contributed by atoms with Gasteiger partial charge in [0.1, 0.15) is 12.4 Å². The van der Waals surface area contributed by atoms with E-state index in [0.717, 1.165) is 11.3 Å². The molecule has 0 spiro atoms. The van der Waals surface area contributed by atoms with Crippen molar-refractivity contribution in [2.75, 3.05) is 45.4 Å². The second-order valence-corrected chi connectivity index (χ2v) is 12.1. The quantitative estimate of drug-likeness (QED) is 0.599. The molecule has 2 heterocycles. The third-order valence-electron chi connectivity index (χ3n) is 7.59. The first kappa shape index (κ1) is 24.5. The first-order chi connectivity index (χ1) is 15.9. The molecule has 1 aromatic carbocycles. The van der Waals surface area contributed by atoms with Crippen LogP contribution >= 0.6 is 0 Å². The Hall–Kier alpha value is -1.64. The average molecular weight is 479 g/mol. The molecule has 184 valence electrons. The van der Waals surface area contributed by atoms with Gasteiger partial charge in [0.25, 0.3) is 0 Å². The number of nitrogens with zero attached hydrogens (tertiary/aromatic N) is 2. The van der Waals surface area contributed by atoms with Crippen molar-refractivity contribution in [3.8, 4) is 5.75 Å². The van der Waals surface area contributed by atoms with Crippen molar-refractivity contribution in [1.82, 2.24) is 9.80 Å². The van der Waals surface area contributed by atoms with Gasteiger partial charge in [-0.3, -0.25) is 4.79 Å². The van der Waals surface area contributed by atoms with Crippen molar-refractivity contribution in [3.63, 3.8) is 0 Å². The number of carbonyl (C=O) groups excluding carboxylic acids is 1. The van der Waals surface area contributed by atoms with Crippen LogP contribution in [0.3, 0.4) is 0 Å². The maximum Gasteiger partial charge on any atom is 0.224 e. The second-order valence-electron chi connectivity index (χ2n) is 9.87. The number of amides is 1. The van der Waals surface area contributed by atoms with Crippen LogP contribution in [-0.2, 0) is 25.9 Å². The van der Waals surface area contributed by atoms with E-state index >= 15 is 0 Å². The Balaban J connectivity index is 1.39. The van der Waals surface area contributed by atoms with Gasteiger partial charge in [-0.25, -0.2) is 8.42 Å². The first-order valence-electron chi connectivity index (χ1n) is 12.3. The van der Waals surface area contributed by atoms with Crippen LogP contribution in [0.1, 0.15) is 62.2 Å². The van der Waals surface area contributed by atoms with Crippen LogP contribution in [0, 0.1) is 5.92 Å². The van der Waals surface area contributed by atoms with Gasteiger partial charge in [0.15, 0.2) is 9.84 Å². The maximum absolute atomic E-state index is 13.0. The van der Waals surface area contributed by atoms with Crippen molar-refractivity contribution in [1.29, 1.82) is 0 Å². The Bertz CT molecular complexity index is 929. The predicted molar refractivity (Wildman–Crippen MR) is 128 cm³/mol. The van der Waals surface area contributed by atoms with Crippen LogP contribution in [-0.4, -0.2) is 75.5 Å². The summed E-state index contributed by atoms with van der Waals surface area (Å²) in [4.78, 5) is 16.9. The number of carbonyl (C=O) groups is 1. The van der Waals surface area contributed by atoms with Crippen molar-refractivity contribution >= 4 is 15.7 Å². The predicted octanol–water partition coefficient (Wildman–Crippen LogP) is 3.18. The van der Waals surface area contributed by atoms with Crippen LogP contribution in [0.25, 0.3) is 0 Å². The lowest BCUT2D eigenvalue weighted by atomic mass is 9.82. The summed E-state index contributed by atoms with van der Waals surface area (Å²) < 4.78 is 35.4. The lowest BCUT2D eigenvalue weighted by molar-refractivity contribution is -0.132. The Morgan fingerprint density at radius 1 is 1.24 bits per heavy atom. The third-order valence-corrected chi connectivity index (χ3v) is 9.34. The fourth-order valence-electron chi connectivity index (χ4n) is 5.58. The summed E-state index contributed by atoms with van der Waals surface area (Å²) in [7, 11) is 0.790. The van der Waals surface area contributed by atoms with Gasteiger partial charge in [0.2, 0.25) is 5.91 Å². The van der Waals surface area contributed by atoms with E-state index in [2.05, 4.69) is 12.1 Å². The molecular formula is C25H38N2O5S. The Morgan fingerprint density at radius 2 is 2.03 bits per heavy atom. The zero-order valence-electron chi connectivity index (χ0n) is 20.0. The van der Waals surface area contributed by atoms with Crippen molar-refractivity contribution in [2.45, 2.75) is 63.6 Å². The smallest absolute Gasteiger partial charge is 0.224 e. The average Bonchev–Trinajstić information content (AvgIpc) is 3.05. The molecule has 1 saturated heterocycles. The fraction of sp³-hybridized carbons (Fsp3) is 0.720. The number of methoxy groups -OCH3 is 1. The van der Waals surface area contributed by atoms with Gasteiger partial charge in [0.05, 0.1) is 24.2 Å². The van der Waals surface area contributed by atoms with Crippen molar-refractivity contribution in [3.05, 3.63) is 29.3 Å². The number of hydrogen-bond donors (Lipinski definition) is 0. The highest BCUT2D eigenvalue weighted by atomic mass is 32.2. The normalized spacial score (nSPS) is 24.2. The summed E-state index contributed by atoms with van der Waals surface area (Å²) >= 11 is 0. The molecule has 0 aromatic heterocycles. The molecule has 1 aromatic rings. The molecule has 0 bridgehead atoms. The Morgan fingerprint density at radius 3 is 2.73 bits per heavy atom. The zero-order valence-corrected chi connectivity index (χ0v) is 20.8. The summed E-state index contributed by atoms with van der Waals surface area (Å²) in [6.07, 6.45) is 7.36. The van der Waals surface area contributed by atoms with Crippen LogP contribution in [0.2, 0.25) is 0 Å². The van der Waals surface area contributed by atoms with Gasteiger partial charge < -0.3 is 19.3 Å². The molecule has 1 aliphatic carbocycles. The van der Waals surface area contributed by atoms with Crippen LogP contribution in [0.5, 0.6) is 5.75 Å². The minimum absolute atomic E-state index is 0.0179. The second kappa shape index (κ2) is 10.7. The molecule has 0 N–H and O–H groups in total. The van der Waals surface area contributed by atoms with Crippen LogP contribution in [0.15, 0.2) is 18.2 Å². The van der Waals surface area contributed by atoms with E-state index in [0.29, 0.717) is 45.0 Å². The van der Waals surface area contributed by atoms with Gasteiger partial charge in [-0.2, -0.15) is 0 Å². The van der Waals surface area contributed by atoms with Gasteiger partial charge in [-0.1, -0.05) is 25.3 Å². The summed E-state index contributed by atoms with van der Waals surface area (Å²) in [6.45, 7) is 2.13. The number of benzene rings is 1. The van der Waals surface area contributed by atoms with Crippen molar-refractivity contribution in [2.24, 2.45) is 5.92 Å². The molecule has 7 nitrogen and oxygen atoms in total. The molecule has 1 amide bonds. The topological polar surface area (TPSA) is 76.2 Å². The van der Waals surface area contributed by atoms with E-state index in [1.807, 2.05) is 22.9 Å². The summed E-state index contributed by atoms with van der Waals surface area (Å²) in [5.74, 6) is 1.93. The largest absolute Gasteiger partial charge is 0.491 e. The number of rotatable bonds is 7. The fourth-order valence-corrected chi connectivity index (χ4v) is 7.38. The SMILES string of the molecule is CO[C@@H](c1ccc2c(c1)CN(C(=O)CCN(C)[C@@H]1CCS(=O)(=O)C1)CCO2)C1CCCCC1. The number of ether oxygens (including phenoxy) is 2. The molecule has 0 unspecified atom stereocenters. The monoisotopic (exact) mass is 478 g/mol. The van der Waals surface area contributed by atoms with E-state index in [1.165, 1.54) is 37.7 Å². The lowest BCUT2D eigenvalue weighted by Gasteiger charge is -2.30. The molecule has 1 saturated carbocycles. The third kappa shape index (κ3) is 6.08. The highest BCUT2D eigenvalue weighted by molar-refractivity contribution is 7.91. The highest BCUT2D eigenvalue weighted by Crippen LogP contribution is 2.38. The Kier molecular flexibility index (Phi) is 7.97. The minimum atomic E-state index is -2.92. The van der Waals surface area contributed by atoms with Gasteiger partial charge in [-0.05, 0) is 49.9 Å². The molecular weight excluding hydrogens is 440 g/mol. The van der Waals surface area contributed by atoms with Gasteiger partial charge in [-0.15, -0.1) is 0 Å². The molecule has 0 radical (unpaired) electrons. The lowest BCUT2D eigenvalue weighted by Crippen LogP contribution is -2.38. The highest BCUT2D eigenvalue weighted by Gasteiger charge is 2.31. The molecule has 33 heavy (non-hydrogen) atoms. The van der Waals surface area contributed by atoms with E-state index in [1.54, 1.807) is 7.11 Å². The van der Waals surface area contributed by atoms with E-state index in [9.17, 15) is 13.2 Å². The summed E-state index contributed by atoms with van der Waals surface area (Å²) in [5.41, 5.74) is 2.20. The zero-order chi connectivity index (χ0) is 23.4. The van der Waals surface area contributed by atoms with E-state index in [-0.39, 0.29) is 29.6 Å². The molecule has 2 fully saturated rings. The molecule has 3 aliphatic rings. The molecule has 8 heteroatoms. The summed E-state index contributed by atoms with van der Waals surface area (Å²) in [6, 6.07) is 6.33.